The molecule has 133 heavy (non-hydrogen) atoms. The van der Waals surface area contributed by atoms with E-state index >= 15 is 0 Å². The Kier molecular flexibility index (Phi) is 36.5. The van der Waals surface area contributed by atoms with E-state index in [9.17, 15) is 24.0 Å². The summed E-state index contributed by atoms with van der Waals surface area (Å²) in [6, 6.07) is 99.5. The van der Waals surface area contributed by atoms with E-state index in [1.54, 1.807) is 190 Å². The lowest BCUT2D eigenvalue weighted by Crippen LogP contribution is -2.14. The number of hydrogen-bond acceptors (Lipinski definition) is 18. The van der Waals surface area contributed by atoms with Gasteiger partial charge in [-0.3, -0.25) is 48.9 Å². The van der Waals surface area contributed by atoms with Crippen LogP contribution in [0.1, 0.15) is 121 Å². The van der Waals surface area contributed by atoms with Gasteiger partial charge in [0.25, 0.3) is 29.5 Å². The van der Waals surface area contributed by atoms with E-state index in [-0.39, 0.29) is 36.1 Å². The van der Waals surface area contributed by atoms with E-state index in [1.807, 2.05) is 190 Å². The number of methoxy groups -OCH3 is 1. The fourth-order valence-electron chi connectivity index (χ4n) is 13.4. The lowest BCUT2D eigenvalue weighted by atomic mass is 10.0. The topological polar surface area (TPSA) is 284 Å². The van der Waals surface area contributed by atoms with Crippen LogP contribution >= 0.6 is 0 Å². The Morgan fingerprint density at radius 1 is 0.256 bits per heavy atom. The third-order valence-corrected chi connectivity index (χ3v) is 20.2. The molecular formula is C110H102N10O13. The second-order valence-electron chi connectivity index (χ2n) is 29.6. The van der Waals surface area contributed by atoms with E-state index in [4.69, 9.17) is 37.9 Å². The normalized spacial score (nSPS) is 10.3. The molecule has 0 fully saturated rings. The van der Waals surface area contributed by atoms with Crippen LogP contribution in [-0.2, 0) is 46.1 Å². The number of carbonyl (C=O) groups is 5. The summed E-state index contributed by atoms with van der Waals surface area (Å²) in [6.07, 6.45) is 17.3. The Bertz CT molecular complexity index is 6390. The van der Waals surface area contributed by atoms with Crippen LogP contribution in [0.15, 0.2) is 383 Å². The highest BCUT2D eigenvalue weighted by atomic mass is 16.5. The summed E-state index contributed by atoms with van der Waals surface area (Å²) < 4.78 is 46.8. The monoisotopic (exact) mass is 1770 g/mol. The van der Waals surface area contributed by atoms with Crippen molar-refractivity contribution in [3.05, 3.63) is 467 Å². The van der Waals surface area contributed by atoms with Gasteiger partial charge in [-0.05, 0) is 213 Å². The van der Waals surface area contributed by atoms with Crippen LogP contribution in [0.2, 0.25) is 0 Å². The van der Waals surface area contributed by atoms with E-state index in [0.29, 0.717) is 125 Å². The molecule has 0 aliphatic rings. The third kappa shape index (κ3) is 29.5. The van der Waals surface area contributed by atoms with Gasteiger partial charge < -0.3 is 64.5 Å². The molecule has 0 bridgehead atoms. The van der Waals surface area contributed by atoms with Gasteiger partial charge in [0.15, 0.2) is 0 Å². The molecule has 0 spiro atoms. The smallest absolute Gasteiger partial charge is 0.259 e. The van der Waals surface area contributed by atoms with Crippen molar-refractivity contribution >= 4 is 58.0 Å². The first-order valence-electron chi connectivity index (χ1n) is 43.0. The number of aromatic nitrogens is 5. The number of pyridine rings is 5. The average Bonchev–Trinajstić information content (AvgIpc) is 0.851. The Morgan fingerprint density at radius 2 is 0.549 bits per heavy atom. The number of amides is 5. The Labute approximate surface area is 774 Å². The van der Waals surface area contributed by atoms with Gasteiger partial charge in [-0.1, -0.05) is 188 Å². The van der Waals surface area contributed by atoms with Crippen LogP contribution in [-0.4, -0.2) is 68.2 Å². The number of ether oxygens (including phenoxy) is 8. The van der Waals surface area contributed by atoms with Crippen LogP contribution in [0.5, 0.6) is 46.0 Å². The van der Waals surface area contributed by atoms with Gasteiger partial charge in [0.1, 0.15) is 85.6 Å². The molecule has 5 heterocycles. The number of nitrogens with one attached hydrogen (secondary N) is 5. The zero-order valence-electron chi connectivity index (χ0n) is 74.6. The minimum atomic E-state index is -0.253. The lowest BCUT2D eigenvalue weighted by Gasteiger charge is -2.14. The van der Waals surface area contributed by atoms with Crippen molar-refractivity contribution in [2.75, 3.05) is 40.3 Å². The minimum Gasteiger partial charge on any atom is -0.496 e. The van der Waals surface area contributed by atoms with Crippen molar-refractivity contribution in [2.45, 2.75) is 80.7 Å². The molecule has 0 radical (unpaired) electrons. The first-order chi connectivity index (χ1) is 65.2. The minimum absolute atomic E-state index is 0.215. The fraction of sp³-hybridized carbons (Fsp3) is 0.127. The molecule has 23 nitrogen and oxygen atoms in total. The quantitative estimate of drug-likeness (QED) is 0.0262. The van der Waals surface area contributed by atoms with Crippen molar-refractivity contribution < 1.29 is 61.9 Å². The van der Waals surface area contributed by atoms with Gasteiger partial charge in [0.05, 0.1) is 101 Å². The Morgan fingerprint density at radius 3 is 0.887 bits per heavy atom. The summed E-state index contributed by atoms with van der Waals surface area (Å²) in [5, 5.41) is 14.2. The molecule has 16 rings (SSSR count). The number of para-hydroxylation sites is 7. The first-order valence-corrected chi connectivity index (χ1v) is 43.0. The third-order valence-electron chi connectivity index (χ3n) is 20.2. The van der Waals surface area contributed by atoms with E-state index < -0.39 is 0 Å². The van der Waals surface area contributed by atoms with Crippen LogP contribution in [0, 0.1) is 20.8 Å². The predicted molar refractivity (Wildman–Crippen MR) is 519 cm³/mol. The van der Waals surface area contributed by atoms with Crippen LogP contribution in [0.25, 0.3) is 0 Å². The number of benzene rings is 11. The number of rotatable bonds is 32. The summed E-state index contributed by atoms with van der Waals surface area (Å²) in [7, 11) is 1.63. The molecule has 16 aromatic rings. The molecule has 670 valence electrons. The van der Waals surface area contributed by atoms with Crippen molar-refractivity contribution in [3.63, 3.8) is 0 Å². The molecular weight excluding hydrogens is 1670 g/mol. The highest BCUT2D eigenvalue weighted by molar-refractivity contribution is 6.09. The predicted octanol–water partition coefficient (Wildman–Crippen LogP) is 23.0. The Hall–Kier alpha value is -17.1. The Balaban J connectivity index is 0.000000150. The molecule has 5 N–H and O–H groups in total. The highest BCUT2D eigenvalue weighted by Crippen LogP contribution is 2.31. The first kappa shape index (κ1) is 95.0. The number of carbonyl (C=O) groups excluding carboxylic acids is 5. The number of aryl methyl sites for hydroxylation is 4. The molecule has 0 unspecified atom stereocenters. The molecule has 11 aromatic carbocycles. The summed E-state index contributed by atoms with van der Waals surface area (Å²) in [4.78, 5) is 83.0. The van der Waals surface area contributed by atoms with Gasteiger partial charge in [0.2, 0.25) is 0 Å². The van der Waals surface area contributed by atoms with Gasteiger partial charge in [-0.25, -0.2) is 0 Å². The second kappa shape index (κ2) is 51.1. The van der Waals surface area contributed by atoms with Crippen molar-refractivity contribution in [2.24, 2.45) is 0 Å². The standard InChI is InChI=1S/C26H22N2O3.2C21H20N2O3.2C21H20N2O2/c29-26(28-22-12-8-16-27-17-22)23-13-5-7-15-25(23)31-19-21-11-4-6-14-24(21)30-18-20-9-2-1-3-10-20;1-15-9-10-19(25-2)16(12-15)14-26-20-8-4-3-7-18(20)21(24)23-17-6-5-11-22-13-17;1-2-25-19-11-5-3-8-16(19)15-26-20-12-6-4-10-18(20)21(24)23-17-9-7-13-22-14-17;1-15-7-5-8-16(2)19(15)14-25-20-11-4-3-10-18(20)21(24)23-17-9-6-12-22-13-17;1-2-16-8-3-4-9-17(16)15-25-20-12-6-5-11-19(20)21(24)23-18-10-7-13-22-14-18/h1-17H,18-19H2,(H,28,29);3-13H,14H2,1-2H3,(H,23,24);3-14H,2,15H2,1H3,(H,23,24);3-13H,14H2,1-2H3,(H,23,24);3-14H,2,15H2,1H3,(H,23,24). The fourth-order valence-corrected chi connectivity index (χ4v) is 13.4. The second-order valence-corrected chi connectivity index (χ2v) is 29.6. The highest BCUT2D eigenvalue weighted by Gasteiger charge is 2.21. The number of hydrogen-bond donors (Lipinski definition) is 5. The molecule has 5 aromatic heterocycles. The molecule has 0 atom stereocenters. The zero-order chi connectivity index (χ0) is 93.0. The maximum absolute atomic E-state index is 12.7. The average molecular weight is 1770 g/mol. The van der Waals surface area contributed by atoms with Crippen molar-refractivity contribution in [1.82, 2.24) is 24.9 Å². The van der Waals surface area contributed by atoms with Crippen LogP contribution < -0.4 is 64.5 Å². The summed E-state index contributed by atoms with van der Waals surface area (Å²) >= 11 is 0. The van der Waals surface area contributed by atoms with E-state index in [1.165, 1.54) is 16.7 Å². The summed E-state index contributed by atoms with van der Waals surface area (Å²) in [5.74, 6) is 3.77. The molecule has 0 aliphatic heterocycles. The van der Waals surface area contributed by atoms with Crippen molar-refractivity contribution in [1.29, 1.82) is 0 Å². The van der Waals surface area contributed by atoms with Crippen LogP contribution in [0.4, 0.5) is 28.4 Å². The SMILES string of the molecule is CCOc1ccccc1COc1ccccc1C(=O)Nc1cccnc1.CCc1ccccc1COc1ccccc1C(=O)Nc1cccnc1.COc1ccc(C)cc1COc1ccccc1C(=O)Nc1cccnc1.Cc1cccc(C)c1COc1ccccc1C(=O)Nc1cccnc1.O=C(Nc1cccnc1)c1ccccc1OCc1ccccc1OCc1ccccc1. The maximum atomic E-state index is 12.7. The lowest BCUT2D eigenvalue weighted by molar-refractivity contribution is 0.101. The number of nitrogens with zero attached hydrogens (tertiary/aromatic N) is 5. The van der Waals surface area contributed by atoms with Crippen molar-refractivity contribution in [3.8, 4) is 46.0 Å². The zero-order valence-corrected chi connectivity index (χ0v) is 74.6. The van der Waals surface area contributed by atoms with E-state index in [0.717, 1.165) is 62.6 Å². The molecule has 5 amide bonds. The van der Waals surface area contributed by atoms with Gasteiger partial charge in [-0.15, -0.1) is 0 Å². The summed E-state index contributed by atoms with van der Waals surface area (Å²) in [5.41, 5.74) is 16.4. The maximum Gasteiger partial charge on any atom is 0.259 e. The molecule has 23 heteroatoms. The summed E-state index contributed by atoms with van der Waals surface area (Å²) in [6.45, 7) is 13.0. The van der Waals surface area contributed by atoms with Gasteiger partial charge in [0, 0.05) is 47.7 Å². The van der Waals surface area contributed by atoms with Gasteiger partial charge >= 0.3 is 0 Å². The van der Waals surface area contributed by atoms with Crippen LogP contribution in [0.3, 0.4) is 0 Å². The van der Waals surface area contributed by atoms with Gasteiger partial charge in [-0.2, -0.15) is 0 Å². The molecule has 0 aliphatic carbocycles. The molecule has 0 saturated carbocycles. The van der Waals surface area contributed by atoms with E-state index in [2.05, 4.69) is 96.5 Å². The molecule has 0 saturated heterocycles. The number of anilines is 5. The largest absolute Gasteiger partial charge is 0.496 e.